The molecular formula is C22H36O4. The van der Waals surface area contributed by atoms with Crippen LogP contribution in [0.15, 0.2) is 34.9 Å². The molecule has 0 amide bonds. The molecule has 0 aliphatic rings. The van der Waals surface area contributed by atoms with Crippen LogP contribution in [-0.2, 0) is 14.3 Å². The Labute approximate surface area is 159 Å². The first-order valence-electron chi connectivity index (χ1n) is 9.50. The molecule has 0 saturated heterocycles. The number of rotatable bonds is 13. The fraction of sp³-hybridized carbons (Fsp3) is 0.636. The van der Waals surface area contributed by atoms with Crippen LogP contribution in [0.5, 0.6) is 0 Å². The molecule has 0 rings (SSSR count). The summed E-state index contributed by atoms with van der Waals surface area (Å²) in [7, 11) is 0. The van der Waals surface area contributed by atoms with Gasteiger partial charge in [-0.25, -0.2) is 0 Å². The van der Waals surface area contributed by atoms with Crippen LogP contribution in [-0.4, -0.2) is 30.1 Å². The monoisotopic (exact) mass is 364 g/mol. The summed E-state index contributed by atoms with van der Waals surface area (Å²) in [6.45, 7) is 9.78. The van der Waals surface area contributed by atoms with Gasteiger partial charge in [-0.3, -0.25) is 9.59 Å². The number of ether oxygens (including phenoxy) is 1. The first-order chi connectivity index (χ1) is 12.3. The number of Topliss-reactive ketones (excluding diaryl/α,β-unsaturated/α-hetero) is 1. The number of allylic oxidation sites excluding steroid dienone is 4. The van der Waals surface area contributed by atoms with Gasteiger partial charge >= 0.3 is 5.97 Å². The summed E-state index contributed by atoms with van der Waals surface area (Å²) in [5.41, 5.74) is 3.41. The van der Waals surface area contributed by atoms with Gasteiger partial charge in [0.2, 0.25) is 0 Å². The minimum absolute atomic E-state index is 0.0512. The smallest absolute Gasteiger partial charge is 0.302 e. The van der Waals surface area contributed by atoms with E-state index in [1.54, 1.807) is 6.08 Å². The van der Waals surface area contributed by atoms with Gasteiger partial charge in [0.1, 0.15) is 12.4 Å². The summed E-state index contributed by atoms with van der Waals surface area (Å²) in [6, 6.07) is 0. The van der Waals surface area contributed by atoms with Crippen LogP contribution < -0.4 is 0 Å². The second kappa shape index (κ2) is 14.5. The van der Waals surface area contributed by atoms with Crippen LogP contribution in [0.3, 0.4) is 0 Å². The average molecular weight is 365 g/mol. The molecule has 4 heteroatoms. The molecular weight excluding hydrogens is 328 g/mol. The van der Waals surface area contributed by atoms with E-state index in [1.165, 1.54) is 12.5 Å². The molecule has 0 heterocycles. The number of ketones is 1. The van der Waals surface area contributed by atoms with Crippen molar-refractivity contribution in [2.75, 3.05) is 13.2 Å². The average Bonchev–Trinajstić information content (AvgIpc) is 2.56. The van der Waals surface area contributed by atoms with Gasteiger partial charge in [0.05, 0.1) is 6.61 Å². The lowest BCUT2D eigenvalue weighted by molar-refractivity contribution is -0.140. The van der Waals surface area contributed by atoms with Crippen LogP contribution >= 0.6 is 0 Å². The second-order valence-electron chi connectivity index (χ2n) is 7.16. The van der Waals surface area contributed by atoms with Crippen molar-refractivity contribution in [3.8, 4) is 0 Å². The molecule has 148 valence electrons. The van der Waals surface area contributed by atoms with Crippen LogP contribution in [0.4, 0.5) is 0 Å². The van der Waals surface area contributed by atoms with Crippen molar-refractivity contribution < 1.29 is 19.4 Å². The zero-order chi connectivity index (χ0) is 19.9. The molecule has 0 aromatic carbocycles. The van der Waals surface area contributed by atoms with Gasteiger partial charge in [0.15, 0.2) is 0 Å². The Morgan fingerprint density at radius 1 is 1.04 bits per heavy atom. The minimum Gasteiger partial charge on any atom is -0.461 e. The number of esters is 1. The number of hydrogen-bond acceptors (Lipinski definition) is 4. The summed E-state index contributed by atoms with van der Waals surface area (Å²) < 4.78 is 5.14. The fourth-order valence-electron chi connectivity index (χ4n) is 2.49. The van der Waals surface area contributed by atoms with E-state index in [2.05, 4.69) is 6.08 Å². The molecule has 0 aliphatic carbocycles. The van der Waals surface area contributed by atoms with E-state index < -0.39 is 0 Å². The zero-order valence-electron chi connectivity index (χ0n) is 17.1. The lowest BCUT2D eigenvalue weighted by atomic mass is 9.95. The normalized spacial score (nSPS) is 13.3. The second-order valence-corrected chi connectivity index (χ2v) is 7.16. The number of carbonyl (C=O) groups excluding carboxylic acids is 2. The third-order valence-corrected chi connectivity index (χ3v) is 4.27. The van der Waals surface area contributed by atoms with Crippen molar-refractivity contribution in [3.63, 3.8) is 0 Å². The van der Waals surface area contributed by atoms with Gasteiger partial charge in [0.25, 0.3) is 0 Å². The van der Waals surface area contributed by atoms with E-state index in [4.69, 9.17) is 9.84 Å². The standard InChI is InChI=1S/C22H36O4/c1-17(2)12-13-22(25)19(4)9-7-11-21(16-26-20(5)24)10-6-8-18(3)14-15-23/h10,12,14,19,23H,6-9,11,13,15-16H2,1-5H3/b18-14+,21-10-. The number of hydrogen-bond donors (Lipinski definition) is 1. The highest BCUT2D eigenvalue weighted by atomic mass is 16.5. The summed E-state index contributed by atoms with van der Waals surface area (Å²) in [6.07, 6.45) is 10.7. The first-order valence-corrected chi connectivity index (χ1v) is 9.50. The summed E-state index contributed by atoms with van der Waals surface area (Å²) in [5.74, 6) is 0.0503. The van der Waals surface area contributed by atoms with Crippen LogP contribution in [0.25, 0.3) is 0 Å². The third-order valence-electron chi connectivity index (χ3n) is 4.27. The van der Waals surface area contributed by atoms with E-state index in [0.29, 0.717) is 13.0 Å². The van der Waals surface area contributed by atoms with E-state index >= 15 is 0 Å². The number of aliphatic hydroxyl groups excluding tert-OH is 1. The SMILES string of the molecule is CC(=O)OC/C(=C\CC/C(C)=C/CO)CCCC(C)C(=O)CC=C(C)C. The van der Waals surface area contributed by atoms with Gasteiger partial charge in [-0.2, -0.15) is 0 Å². The zero-order valence-corrected chi connectivity index (χ0v) is 17.1. The highest BCUT2D eigenvalue weighted by Crippen LogP contribution is 2.17. The topological polar surface area (TPSA) is 63.6 Å². The van der Waals surface area contributed by atoms with Crippen molar-refractivity contribution in [3.05, 3.63) is 34.9 Å². The van der Waals surface area contributed by atoms with E-state index in [-0.39, 0.29) is 24.3 Å². The van der Waals surface area contributed by atoms with Gasteiger partial charge < -0.3 is 9.84 Å². The molecule has 0 bridgehead atoms. The highest BCUT2D eigenvalue weighted by Gasteiger charge is 2.12. The lowest BCUT2D eigenvalue weighted by Crippen LogP contribution is -2.10. The molecule has 1 N–H and O–H groups in total. The van der Waals surface area contributed by atoms with Crippen LogP contribution in [0.1, 0.15) is 73.1 Å². The molecule has 0 radical (unpaired) electrons. The van der Waals surface area contributed by atoms with Crippen molar-refractivity contribution in [2.24, 2.45) is 5.92 Å². The highest BCUT2D eigenvalue weighted by molar-refractivity contribution is 5.82. The molecule has 4 nitrogen and oxygen atoms in total. The molecule has 0 aromatic rings. The maximum atomic E-state index is 12.1. The maximum Gasteiger partial charge on any atom is 0.302 e. The Hall–Kier alpha value is -1.68. The molecule has 0 spiro atoms. The van der Waals surface area contributed by atoms with E-state index in [0.717, 1.165) is 43.3 Å². The Balaban J connectivity index is 4.48. The molecule has 0 saturated carbocycles. The lowest BCUT2D eigenvalue weighted by Gasteiger charge is -2.12. The maximum absolute atomic E-state index is 12.1. The van der Waals surface area contributed by atoms with Gasteiger partial charge in [-0.05, 0) is 58.4 Å². The van der Waals surface area contributed by atoms with Gasteiger partial charge in [0, 0.05) is 19.3 Å². The van der Waals surface area contributed by atoms with Crippen molar-refractivity contribution in [1.82, 2.24) is 0 Å². The van der Waals surface area contributed by atoms with Crippen molar-refractivity contribution >= 4 is 11.8 Å². The Morgan fingerprint density at radius 2 is 1.73 bits per heavy atom. The Kier molecular flexibility index (Phi) is 13.5. The van der Waals surface area contributed by atoms with Crippen LogP contribution in [0.2, 0.25) is 0 Å². The minimum atomic E-state index is -0.280. The van der Waals surface area contributed by atoms with Crippen molar-refractivity contribution in [2.45, 2.75) is 73.1 Å². The molecule has 0 fully saturated rings. The number of aliphatic hydroxyl groups is 1. The molecule has 0 aliphatic heterocycles. The quantitative estimate of drug-likeness (QED) is 0.372. The Morgan fingerprint density at radius 3 is 2.31 bits per heavy atom. The van der Waals surface area contributed by atoms with E-state index in [9.17, 15) is 9.59 Å². The molecule has 26 heavy (non-hydrogen) atoms. The summed E-state index contributed by atoms with van der Waals surface area (Å²) >= 11 is 0. The summed E-state index contributed by atoms with van der Waals surface area (Å²) in [5, 5.41) is 8.89. The first kappa shape index (κ1) is 24.3. The number of carbonyl (C=O) groups is 2. The molecule has 1 atom stereocenters. The van der Waals surface area contributed by atoms with Crippen molar-refractivity contribution in [1.29, 1.82) is 0 Å². The van der Waals surface area contributed by atoms with Gasteiger partial charge in [-0.15, -0.1) is 0 Å². The predicted molar refractivity (Wildman–Crippen MR) is 107 cm³/mol. The third kappa shape index (κ3) is 13.6. The molecule has 1 unspecified atom stereocenters. The van der Waals surface area contributed by atoms with Gasteiger partial charge in [-0.1, -0.05) is 36.3 Å². The fourth-order valence-corrected chi connectivity index (χ4v) is 2.49. The largest absolute Gasteiger partial charge is 0.461 e. The predicted octanol–water partition coefficient (Wildman–Crippen LogP) is 4.93. The molecule has 0 aromatic heterocycles. The van der Waals surface area contributed by atoms with E-state index in [1.807, 2.05) is 33.8 Å². The van der Waals surface area contributed by atoms with Crippen LogP contribution in [0, 0.1) is 5.92 Å². The summed E-state index contributed by atoms with van der Waals surface area (Å²) in [4.78, 5) is 23.2. The Bertz CT molecular complexity index is 522.